The molecule has 7 aromatic rings. The number of nitrogens with one attached hydrogen (secondary N) is 1. The highest BCUT2D eigenvalue weighted by atomic mass is 16.7. The van der Waals surface area contributed by atoms with E-state index in [4.69, 9.17) is 34.2 Å². The molecule has 0 unspecified atom stereocenters. The monoisotopic (exact) mass is 1250 g/mol. The van der Waals surface area contributed by atoms with Crippen molar-refractivity contribution >= 4 is 63.2 Å². The van der Waals surface area contributed by atoms with Crippen LogP contribution >= 0.6 is 0 Å². The Morgan fingerprint density at radius 3 is 1.59 bits per heavy atom. The van der Waals surface area contributed by atoms with Crippen LogP contribution in [0.1, 0.15) is 147 Å². The Bertz CT molecular complexity index is 3660. The molecule has 4 aliphatic rings. The second-order valence-corrected chi connectivity index (χ2v) is 26.3. The maximum absolute atomic E-state index is 14.1. The Kier molecular flexibility index (Phi) is 22.3. The van der Waals surface area contributed by atoms with E-state index in [9.17, 15) is 24.0 Å². The van der Waals surface area contributed by atoms with Crippen molar-refractivity contribution in [3.63, 3.8) is 0 Å². The smallest absolute Gasteiger partial charge is 0.410 e. The summed E-state index contributed by atoms with van der Waals surface area (Å²) in [4.78, 5) is 68.5. The number of aldehydes is 1. The van der Waals surface area contributed by atoms with Gasteiger partial charge in [0.2, 0.25) is 11.5 Å². The van der Waals surface area contributed by atoms with E-state index in [0.29, 0.717) is 66.7 Å². The summed E-state index contributed by atoms with van der Waals surface area (Å²) in [5.74, 6) is 0.181. The van der Waals surface area contributed by atoms with Crippen molar-refractivity contribution in [1.29, 1.82) is 0 Å². The Hall–Kier alpha value is -8.83. The number of nitrogens with two attached hydrogens (primary N) is 1. The minimum Gasteiger partial charge on any atom is -0.493 e. The molecule has 4 amide bonds. The van der Waals surface area contributed by atoms with E-state index in [2.05, 4.69) is 42.0 Å². The number of benzene rings is 4. The molecular formula is C68H88N12O11. The molecule has 0 aliphatic carbocycles. The molecule has 3 fully saturated rings. The molecule has 11 rings (SSSR count). The van der Waals surface area contributed by atoms with E-state index in [0.717, 1.165) is 96.6 Å². The third-order valence-electron chi connectivity index (χ3n) is 15.0. The fourth-order valence-corrected chi connectivity index (χ4v) is 10.9. The first-order valence-corrected chi connectivity index (χ1v) is 31.1. The zero-order valence-corrected chi connectivity index (χ0v) is 54.6. The predicted molar refractivity (Wildman–Crippen MR) is 346 cm³/mol. The highest BCUT2D eigenvalue weighted by Crippen LogP contribution is 2.47. The van der Waals surface area contributed by atoms with Crippen LogP contribution < -0.4 is 25.3 Å². The minimum atomic E-state index is -0.880. The highest BCUT2D eigenvalue weighted by Gasteiger charge is 2.39. The number of likely N-dealkylation sites (tertiary alicyclic amines) is 3. The number of fused-ring (bicyclic) bond motifs is 4. The maximum atomic E-state index is 14.1. The normalized spacial score (nSPS) is 17.5. The first-order valence-electron chi connectivity index (χ1n) is 31.1. The van der Waals surface area contributed by atoms with E-state index >= 15 is 0 Å². The van der Waals surface area contributed by atoms with Crippen LogP contribution in [0.25, 0.3) is 32.7 Å². The van der Waals surface area contributed by atoms with Gasteiger partial charge in [0.25, 0.3) is 5.91 Å². The Morgan fingerprint density at radius 1 is 0.615 bits per heavy atom. The van der Waals surface area contributed by atoms with Gasteiger partial charge in [-0.3, -0.25) is 9.59 Å². The lowest BCUT2D eigenvalue weighted by Gasteiger charge is -2.32. The molecule has 91 heavy (non-hydrogen) atoms. The molecule has 3 aromatic heterocycles. The van der Waals surface area contributed by atoms with Gasteiger partial charge in [0, 0.05) is 93.5 Å². The minimum absolute atomic E-state index is 0.170. The van der Waals surface area contributed by atoms with Crippen LogP contribution in [0.5, 0.6) is 17.2 Å². The summed E-state index contributed by atoms with van der Waals surface area (Å²) in [6.07, 6.45) is 5.49. The molecule has 0 bridgehead atoms. The van der Waals surface area contributed by atoms with Crippen molar-refractivity contribution in [3.05, 3.63) is 126 Å². The molecule has 486 valence electrons. The van der Waals surface area contributed by atoms with Gasteiger partial charge in [0.05, 0.1) is 47.6 Å². The first kappa shape index (κ1) is 68.1. The zero-order valence-electron chi connectivity index (χ0n) is 54.6. The standard InChI is InChI=1S/C30H36N4O6.C19H26N4O2.C10H20N2O2.C9H6N2O/c1-29(2,3)40-28(36)34-13-9-11-22(34)18-33(17-21-14-19-10-7-8-12-23(19)32-31-21)27(35)20-15-24(37-6)26-25(16-20)38-30(4,5)39-26;1-19(2,3)25-18(24)23-10-6-8-16(23)13-20-12-15-11-14-7-4-5-9-17(14)22-21-15;1-10(2,3)14-9(13)12-6-4-5-8(12)7-11;12-6-8-5-7-3-1-2-4-9(7)11-10-8/h7-8,10,12,14-16,22H,9,11,13,17-18H2,1-6H3;4-5,7,9,11,16,20H,6,8,10,12-13H2,1-3H3;8H,4-7,11H2,1-3H3;1-6H/t22-;16-;8-;/m000./s1. The molecule has 3 atom stereocenters. The molecule has 23 nitrogen and oxygen atoms in total. The van der Waals surface area contributed by atoms with Crippen molar-refractivity contribution in [1.82, 2.24) is 55.5 Å². The Labute approximate surface area is 532 Å². The molecule has 7 heterocycles. The van der Waals surface area contributed by atoms with E-state index in [1.54, 1.807) is 46.7 Å². The molecule has 3 saturated heterocycles. The molecule has 3 N–H and O–H groups in total. The number of nitrogens with zero attached hydrogens (tertiary/aromatic N) is 10. The van der Waals surface area contributed by atoms with Crippen molar-refractivity contribution < 1.29 is 52.4 Å². The van der Waals surface area contributed by atoms with Gasteiger partial charge in [0.1, 0.15) is 22.5 Å². The Morgan fingerprint density at radius 2 is 1.08 bits per heavy atom. The second-order valence-electron chi connectivity index (χ2n) is 26.3. The van der Waals surface area contributed by atoms with Crippen molar-refractivity contribution in [2.24, 2.45) is 5.73 Å². The lowest BCUT2D eigenvalue weighted by molar-refractivity contribution is -0.0440. The fraction of sp³-hybridized carbons (Fsp3) is 0.485. The van der Waals surface area contributed by atoms with Gasteiger partial charge >= 0.3 is 18.3 Å². The molecule has 0 saturated carbocycles. The number of aromatic nitrogens is 6. The van der Waals surface area contributed by atoms with Crippen LogP contribution in [-0.2, 0) is 27.3 Å². The van der Waals surface area contributed by atoms with Crippen molar-refractivity contribution in [2.75, 3.05) is 46.4 Å². The average Bonchev–Trinajstić information content (AvgIpc) is 1.73. The van der Waals surface area contributed by atoms with Gasteiger partial charge in [-0.2, -0.15) is 20.4 Å². The van der Waals surface area contributed by atoms with Crippen LogP contribution in [-0.4, -0.2) is 168 Å². The number of carbonyl (C=O) groups is 5. The highest BCUT2D eigenvalue weighted by molar-refractivity contribution is 5.96. The number of amides is 4. The Balaban J connectivity index is 0.000000176. The molecule has 4 aromatic carbocycles. The lowest BCUT2D eigenvalue weighted by atomic mass is 10.1. The lowest BCUT2D eigenvalue weighted by Crippen LogP contribution is -2.46. The molecule has 23 heteroatoms. The van der Waals surface area contributed by atoms with Gasteiger partial charge in [-0.1, -0.05) is 54.6 Å². The second kappa shape index (κ2) is 29.9. The number of carbonyl (C=O) groups excluding carboxylic acids is 5. The third-order valence-corrected chi connectivity index (χ3v) is 15.0. The number of methoxy groups -OCH3 is 1. The van der Waals surface area contributed by atoms with Crippen LogP contribution in [0, 0.1) is 0 Å². The SMILES string of the molecule is CC(C)(C)OC(=O)N1CCC[C@H]1CN.CC(C)(C)OC(=O)N1CCC[C@H]1CNCc1cc2ccccc2nn1.COc1cc(C(=O)N(Cc2cc3ccccc3nn2)C[C@@H]2CCCN2C(=O)OC(C)(C)C)cc2c1OC(C)(C)O2.O=Cc1cc2ccccc2nn1. The van der Waals surface area contributed by atoms with Crippen LogP contribution in [0.15, 0.2) is 103 Å². The summed E-state index contributed by atoms with van der Waals surface area (Å²) in [5, 5.41) is 31.2. The van der Waals surface area contributed by atoms with E-state index in [-0.39, 0.29) is 48.9 Å². The largest absolute Gasteiger partial charge is 0.493 e. The number of hydrogen-bond donors (Lipinski definition) is 2. The number of ether oxygens (including phenoxy) is 6. The summed E-state index contributed by atoms with van der Waals surface area (Å²) in [6, 6.07) is 32.4. The van der Waals surface area contributed by atoms with Crippen LogP contribution in [0.2, 0.25) is 0 Å². The van der Waals surface area contributed by atoms with Gasteiger partial charge in [-0.05, 0) is 149 Å². The van der Waals surface area contributed by atoms with Crippen LogP contribution in [0.3, 0.4) is 0 Å². The van der Waals surface area contributed by atoms with Gasteiger partial charge < -0.3 is 59.1 Å². The zero-order chi connectivity index (χ0) is 65.7. The average molecular weight is 1250 g/mol. The van der Waals surface area contributed by atoms with E-state index < -0.39 is 22.6 Å². The summed E-state index contributed by atoms with van der Waals surface area (Å²) in [7, 11) is 1.53. The quantitative estimate of drug-likeness (QED) is 0.0850. The van der Waals surface area contributed by atoms with Crippen LogP contribution in [0.4, 0.5) is 14.4 Å². The fourth-order valence-electron chi connectivity index (χ4n) is 10.9. The molecule has 0 radical (unpaired) electrons. The van der Waals surface area contributed by atoms with Gasteiger partial charge in [-0.15, -0.1) is 10.2 Å². The molecule has 4 aliphatic heterocycles. The maximum Gasteiger partial charge on any atom is 0.410 e. The van der Waals surface area contributed by atoms with Gasteiger partial charge in [-0.25, -0.2) is 14.4 Å². The summed E-state index contributed by atoms with van der Waals surface area (Å²) < 4.78 is 33.8. The van der Waals surface area contributed by atoms with E-state index in [1.807, 2.05) is 146 Å². The van der Waals surface area contributed by atoms with Crippen molar-refractivity contribution in [3.8, 4) is 17.2 Å². The molecular weight excluding hydrogens is 1160 g/mol. The number of rotatable bonds is 12. The van der Waals surface area contributed by atoms with Crippen molar-refractivity contribution in [2.45, 2.75) is 168 Å². The van der Waals surface area contributed by atoms with Gasteiger partial charge in [0.15, 0.2) is 17.8 Å². The predicted octanol–water partition coefficient (Wildman–Crippen LogP) is 11.1. The topological polar surface area (TPSA) is 269 Å². The summed E-state index contributed by atoms with van der Waals surface area (Å²) >= 11 is 0. The third kappa shape index (κ3) is 19.3. The summed E-state index contributed by atoms with van der Waals surface area (Å²) in [5.41, 5.74) is 8.87. The first-order chi connectivity index (χ1) is 43.2. The van der Waals surface area contributed by atoms with E-state index in [1.165, 1.54) is 7.11 Å². The molecule has 0 spiro atoms. The number of hydrogen-bond acceptors (Lipinski definition) is 19. The summed E-state index contributed by atoms with van der Waals surface area (Å²) in [6.45, 7) is 24.9.